The van der Waals surface area contributed by atoms with E-state index in [0.717, 1.165) is 12.8 Å². The molecule has 0 aromatic rings. The topological polar surface area (TPSA) is 43.1 Å². The number of carbonyl (C=O) groups is 1. The number of primary amides is 1. The first-order chi connectivity index (χ1) is 8.22. The summed E-state index contributed by atoms with van der Waals surface area (Å²) in [5.41, 5.74) is 5.25. The third-order valence-electron chi connectivity index (χ3n) is 3.27. The summed E-state index contributed by atoms with van der Waals surface area (Å²) in [6, 6.07) is 0. The van der Waals surface area contributed by atoms with Crippen molar-refractivity contribution >= 4 is 5.91 Å². The molecule has 1 unspecified atom stereocenters. The Morgan fingerprint density at radius 2 is 1.53 bits per heavy atom. The van der Waals surface area contributed by atoms with E-state index in [9.17, 15) is 4.79 Å². The largest absolute Gasteiger partial charge is 0.369 e. The van der Waals surface area contributed by atoms with Gasteiger partial charge in [0.05, 0.1) is 5.92 Å². The first-order valence-corrected chi connectivity index (χ1v) is 7.14. The lowest BCUT2D eigenvalue weighted by molar-refractivity contribution is -0.120. The molecule has 0 aliphatic carbocycles. The average molecular weight is 239 g/mol. The Labute approximate surface area is 107 Å². The number of rotatable bonds is 12. The molecule has 0 rings (SSSR count). The molecule has 100 valence electrons. The lowest BCUT2D eigenvalue weighted by Crippen LogP contribution is -2.21. The van der Waals surface area contributed by atoms with Gasteiger partial charge in [-0.25, -0.2) is 0 Å². The van der Waals surface area contributed by atoms with E-state index < -0.39 is 0 Å². The van der Waals surface area contributed by atoms with Gasteiger partial charge >= 0.3 is 0 Å². The van der Waals surface area contributed by atoms with Crippen LogP contribution in [0, 0.1) is 5.92 Å². The van der Waals surface area contributed by atoms with Crippen molar-refractivity contribution in [2.75, 3.05) is 0 Å². The Hall–Kier alpha value is -0.790. The van der Waals surface area contributed by atoms with Crippen LogP contribution in [-0.2, 0) is 4.79 Å². The van der Waals surface area contributed by atoms with Gasteiger partial charge in [0.25, 0.3) is 0 Å². The van der Waals surface area contributed by atoms with E-state index in [-0.39, 0.29) is 11.8 Å². The summed E-state index contributed by atoms with van der Waals surface area (Å²) in [5, 5.41) is 0. The Bertz CT molecular complexity index is 201. The van der Waals surface area contributed by atoms with E-state index in [4.69, 9.17) is 5.73 Å². The summed E-state index contributed by atoms with van der Waals surface area (Å²) < 4.78 is 0. The van der Waals surface area contributed by atoms with Crippen LogP contribution in [0.2, 0.25) is 0 Å². The van der Waals surface area contributed by atoms with Crippen molar-refractivity contribution in [3.8, 4) is 0 Å². The van der Waals surface area contributed by atoms with Crippen molar-refractivity contribution in [1.82, 2.24) is 0 Å². The summed E-state index contributed by atoms with van der Waals surface area (Å²) >= 11 is 0. The molecule has 0 aliphatic heterocycles. The fraction of sp³-hybridized carbons (Fsp3) is 0.800. The van der Waals surface area contributed by atoms with Crippen molar-refractivity contribution in [2.45, 2.75) is 71.1 Å². The van der Waals surface area contributed by atoms with Crippen LogP contribution < -0.4 is 5.73 Å². The molecule has 17 heavy (non-hydrogen) atoms. The zero-order valence-corrected chi connectivity index (χ0v) is 11.4. The molecule has 0 fully saturated rings. The standard InChI is InChI=1S/C15H29NO/c1-3-5-6-7-8-9-10-11-12-13-14(4-2)15(16)17/h4,14H,2-3,5-13H2,1H3,(H2,16,17). The highest BCUT2D eigenvalue weighted by atomic mass is 16.1. The number of amides is 1. The monoisotopic (exact) mass is 239 g/mol. The minimum absolute atomic E-state index is 0.125. The first-order valence-electron chi connectivity index (χ1n) is 7.14. The van der Waals surface area contributed by atoms with Crippen LogP contribution in [0.4, 0.5) is 0 Å². The van der Waals surface area contributed by atoms with Gasteiger partial charge in [0.1, 0.15) is 0 Å². The lowest BCUT2D eigenvalue weighted by atomic mass is 9.99. The van der Waals surface area contributed by atoms with E-state index in [1.165, 1.54) is 51.4 Å². The second kappa shape index (κ2) is 11.7. The maximum Gasteiger partial charge on any atom is 0.224 e. The molecule has 0 aliphatic rings. The Morgan fingerprint density at radius 1 is 1.06 bits per heavy atom. The Balaban J connectivity index is 3.23. The van der Waals surface area contributed by atoms with Crippen molar-refractivity contribution in [1.29, 1.82) is 0 Å². The highest BCUT2D eigenvalue weighted by molar-refractivity contribution is 5.78. The van der Waals surface area contributed by atoms with E-state index in [2.05, 4.69) is 13.5 Å². The molecule has 2 nitrogen and oxygen atoms in total. The van der Waals surface area contributed by atoms with Crippen LogP contribution in [0.15, 0.2) is 12.7 Å². The van der Waals surface area contributed by atoms with Crippen molar-refractivity contribution in [3.05, 3.63) is 12.7 Å². The molecule has 0 radical (unpaired) electrons. The number of hydrogen-bond acceptors (Lipinski definition) is 1. The van der Waals surface area contributed by atoms with E-state index in [0.29, 0.717) is 0 Å². The maximum atomic E-state index is 10.9. The van der Waals surface area contributed by atoms with Gasteiger partial charge in [-0.3, -0.25) is 4.79 Å². The van der Waals surface area contributed by atoms with Gasteiger partial charge in [0.15, 0.2) is 0 Å². The molecule has 0 bridgehead atoms. The van der Waals surface area contributed by atoms with Gasteiger partial charge in [0, 0.05) is 0 Å². The van der Waals surface area contributed by atoms with Crippen LogP contribution >= 0.6 is 0 Å². The predicted molar refractivity (Wildman–Crippen MR) is 74.7 cm³/mol. The second-order valence-electron chi connectivity index (χ2n) is 4.86. The van der Waals surface area contributed by atoms with Gasteiger partial charge in [0.2, 0.25) is 5.91 Å². The highest BCUT2D eigenvalue weighted by Gasteiger charge is 2.09. The minimum atomic E-state index is -0.237. The summed E-state index contributed by atoms with van der Waals surface area (Å²) in [7, 11) is 0. The Kier molecular flexibility index (Phi) is 11.1. The maximum absolute atomic E-state index is 10.9. The van der Waals surface area contributed by atoms with Crippen LogP contribution in [0.3, 0.4) is 0 Å². The van der Waals surface area contributed by atoms with E-state index >= 15 is 0 Å². The number of carbonyl (C=O) groups excluding carboxylic acids is 1. The summed E-state index contributed by atoms with van der Waals surface area (Å²) in [5.74, 6) is -0.362. The lowest BCUT2D eigenvalue weighted by Gasteiger charge is -2.07. The first kappa shape index (κ1) is 16.2. The molecule has 2 N–H and O–H groups in total. The third-order valence-corrected chi connectivity index (χ3v) is 3.27. The third kappa shape index (κ3) is 10.1. The zero-order valence-electron chi connectivity index (χ0n) is 11.4. The van der Waals surface area contributed by atoms with Gasteiger partial charge in [-0.05, 0) is 6.42 Å². The zero-order chi connectivity index (χ0) is 12.9. The molecule has 2 heteroatoms. The smallest absolute Gasteiger partial charge is 0.224 e. The molecule has 0 saturated heterocycles. The van der Waals surface area contributed by atoms with Crippen LogP contribution in [0.5, 0.6) is 0 Å². The summed E-state index contributed by atoms with van der Waals surface area (Å²) in [6.45, 7) is 5.88. The normalized spacial score (nSPS) is 12.3. The molecule has 0 saturated carbocycles. The van der Waals surface area contributed by atoms with Crippen molar-refractivity contribution in [2.24, 2.45) is 11.7 Å². The van der Waals surface area contributed by atoms with E-state index in [1.54, 1.807) is 6.08 Å². The molecule has 1 amide bonds. The molecule has 0 aromatic heterocycles. The second-order valence-corrected chi connectivity index (χ2v) is 4.86. The van der Waals surface area contributed by atoms with Gasteiger partial charge in [-0.2, -0.15) is 0 Å². The molecular weight excluding hydrogens is 210 g/mol. The van der Waals surface area contributed by atoms with Gasteiger partial charge in [-0.1, -0.05) is 70.8 Å². The molecular formula is C15H29NO. The Morgan fingerprint density at radius 3 is 1.94 bits per heavy atom. The van der Waals surface area contributed by atoms with Gasteiger partial charge < -0.3 is 5.73 Å². The molecule has 1 atom stereocenters. The minimum Gasteiger partial charge on any atom is -0.369 e. The average Bonchev–Trinajstić information content (AvgIpc) is 2.31. The fourth-order valence-corrected chi connectivity index (χ4v) is 2.05. The highest BCUT2D eigenvalue weighted by Crippen LogP contribution is 2.13. The van der Waals surface area contributed by atoms with Crippen molar-refractivity contribution in [3.63, 3.8) is 0 Å². The number of nitrogens with two attached hydrogens (primary N) is 1. The van der Waals surface area contributed by atoms with Crippen LogP contribution in [0.1, 0.15) is 71.1 Å². The predicted octanol–water partition coefficient (Wildman–Crippen LogP) is 4.19. The number of unbranched alkanes of at least 4 members (excludes halogenated alkanes) is 8. The SMILES string of the molecule is C=CC(CCCCCCCCCCC)C(N)=O. The van der Waals surface area contributed by atoms with Crippen molar-refractivity contribution < 1.29 is 4.79 Å². The van der Waals surface area contributed by atoms with E-state index in [1.807, 2.05) is 0 Å². The molecule has 0 aromatic carbocycles. The van der Waals surface area contributed by atoms with Crippen LogP contribution in [0.25, 0.3) is 0 Å². The van der Waals surface area contributed by atoms with Crippen LogP contribution in [-0.4, -0.2) is 5.91 Å². The summed E-state index contributed by atoms with van der Waals surface area (Å²) in [6.07, 6.45) is 14.3. The summed E-state index contributed by atoms with van der Waals surface area (Å²) in [4.78, 5) is 10.9. The number of hydrogen-bond donors (Lipinski definition) is 1. The molecule has 0 spiro atoms. The fourth-order valence-electron chi connectivity index (χ4n) is 2.05. The molecule has 0 heterocycles. The quantitative estimate of drug-likeness (QED) is 0.402. The van der Waals surface area contributed by atoms with Gasteiger partial charge in [-0.15, -0.1) is 6.58 Å².